The summed E-state index contributed by atoms with van der Waals surface area (Å²) < 4.78 is 15.5. The Morgan fingerprint density at radius 2 is 1.97 bits per heavy atom. The number of thioether (sulfide) groups is 1. The molecule has 2 amide bonds. The monoisotopic (exact) mass is 440 g/mol. The van der Waals surface area contributed by atoms with Crippen LogP contribution in [0.5, 0.6) is 11.5 Å². The van der Waals surface area contributed by atoms with Crippen molar-refractivity contribution in [2.75, 3.05) is 38.4 Å². The molecule has 0 atom stereocenters. The Labute approximate surface area is 175 Å². The number of carbonyl (C=O) groups is 3. The minimum absolute atomic E-state index is 0.0499. The molecule has 0 aliphatic carbocycles. The van der Waals surface area contributed by atoms with Crippen LogP contribution in [0, 0.1) is 0 Å². The van der Waals surface area contributed by atoms with E-state index in [-0.39, 0.29) is 29.9 Å². The average Bonchev–Trinajstić information content (AvgIpc) is 3.17. The predicted octanol–water partition coefficient (Wildman–Crippen LogP) is 1.58. The largest absolute Gasteiger partial charge is 0.497 e. The van der Waals surface area contributed by atoms with E-state index < -0.39 is 11.9 Å². The molecule has 0 spiro atoms. The highest BCUT2D eigenvalue weighted by Crippen LogP contribution is 2.28. The molecule has 29 heavy (non-hydrogen) atoms. The van der Waals surface area contributed by atoms with Crippen molar-refractivity contribution in [3.63, 3.8) is 0 Å². The first kappa shape index (κ1) is 22.4. The molecule has 0 fully saturated rings. The smallest absolute Gasteiger partial charge is 0.325 e. The molecule has 156 valence electrons. The summed E-state index contributed by atoms with van der Waals surface area (Å²) in [5.74, 6) is -0.278. The van der Waals surface area contributed by atoms with Gasteiger partial charge in [-0.15, -0.1) is 10.2 Å². The van der Waals surface area contributed by atoms with E-state index in [0.29, 0.717) is 21.4 Å². The molecule has 12 heteroatoms. The third-order valence-electron chi connectivity index (χ3n) is 3.34. The van der Waals surface area contributed by atoms with Gasteiger partial charge in [0.2, 0.25) is 11.0 Å². The maximum absolute atomic E-state index is 12.5. The zero-order valence-corrected chi connectivity index (χ0v) is 17.6. The van der Waals surface area contributed by atoms with Gasteiger partial charge in [0.15, 0.2) is 4.34 Å². The van der Waals surface area contributed by atoms with E-state index in [0.717, 1.165) is 23.1 Å². The molecule has 1 heterocycles. The Kier molecular flexibility index (Phi) is 8.68. The van der Waals surface area contributed by atoms with E-state index in [9.17, 15) is 14.4 Å². The summed E-state index contributed by atoms with van der Waals surface area (Å²) in [6, 6.07) is 4.83. The predicted molar refractivity (Wildman–Crippen MR) is 108 cm³/mol. The molecule has 10 nitrogen and oxygen atoms in total. The van der Waals surface area contributed by atoms with Crippen molar-refractivity contribution < 1.29 is 28.6 Å². The van der Waals surface area contributed by atoms with Gasteiger partial charge in [-0.3, -0.25) is 19.7 Å². The number of ether oxygens (including phenoxy) is 3. The fourth-order valence-electron chi connectivity index (χ4n) is 2.03. The lowest BCUT2D eigenvalue weighted by atomic mass is 10.2. The van der Waals surface area contributed by atoms with Gasteiger partial charge in [-0.2, -0.15) is 0 Å². The topological polar surface area (TPSA) is 129 Å². The molecule has 2 N–H and O–H groups in total. The standard InChI is InChI=1S/C17H20N4O6S2/c1-4-27-14(23)8-18-13(22)9-28-17-21-20-16(29-17)19-15(24)11-6-5-10(25-2)7-12(11)26-3/h5-7H,4,8-9H2,1-3H3,(H,18,22)(H,19,20,24). The van der Waals surface area contributed by atoms with Gasteiger partial charge >= 0.3 is 5.97 Å². The van der Waals surface area contributed by atoms with Crippen LogP contribution >= 0.6 is 23.1 Å². The van der Waals surface area contributed by atoms with Crippen LogP contribution in [0.1, 0.15) is 17.3 Å². The summed E-state index contributed by atoms with van der Waals surface area (Å²) in [5, 5.41) is 13.2. The van der Waals surface area contributed by atoms with Crippen LogP contribution in [-0.4, -0.2) is 61.1 Å². The highest BCUT2D eigenvalue weighted by molar-refractivity contribution is 8.01. The van der Waals surface area contributed by atoms with E-state index in [4.69, 9.17) is 14.2 Å². The van der Waals surface area contributed by atoms with E-state index in [1.165, 1.54) is 14.2 Å². The molecule has 1 aromatic heterocycles. The number of benzene rings is 1. The minimum Gasteiger partial charge on any atom is -0.497 e. The van der Waals surface area contributed by atoms with Gasteiger partial charge in [-0.25, -0.2) is 0 Å². The lowest BCUT2D eigenvalue weighted by Gasteiger charge is -2.09. The molecular formula is C17H20N4O6S2. The van der Waals surface area contributed by atoms with Crippen LogP contribution in [0.2, 0.25) is 0 Å². The molecule has 0 radical (unpaired) electrons. The maximum Gasteiger partial charge on any atom is 0.325 e. The first-order valence-electron chi connectivity index (χ1n) is 8.38. The Bertz CT molecular complexity index is 873. The molecule has 0 unspecified atom stereocenters. The Balaban J connectivity index is 1.88. The lowest BCUT2D eigenvalue weighted by molar-refractivity contribution is -0.143. The summed E-state index contributed by atoms with van der Waals surface area (Å²) in [4.78, 5) is 35.4. The molecule has 2 rings (SSSR count). The molecule has 0 bridgehead atoms. The molecular weight excluding hydrogens is 420 g/mol. The summed E-state index contributed by atoms with van der Waals surface area (Å²) >= 11 is 2.26. The highest BCUT2D eigenvalue weighted by Gasteiger charge is 2.16. The molecule has 0 aliphatic rings. The molecule has 0 aliphatic heterocycles. The minimum atomic E-state index is -0.499. The number of hydrogen-bond acceptors (Lipinski definition) is 10. The first-order chi connectivity index (χ1) is 14.0. The van der Waals surface area contributed by atoms with E-state index >= 15 is 0 Å². The zero-order chi connectivity index (χ0) is 21.2. The van der Waals surface area contributed by atoms with Crippen molar-refractivity contribution in [1.29, 1.82) is 0 Å². The highest BCUT2D eigenvalue weighted by atomic mass is 32.2. The normalized spacial score (nSPS) is 10.2. The third-order valence-corrected chi connectivity index (χ3v) is 5.31. The Morgan fingerprint density at radius 3 is 2.66 bits per heavy atom. The second kappa shape index (κ2) is 11.2. The zero-order valence-electron chi connectivity index (χ0n) is 16.0. The number of anilines is 1. The number of nitrogens with zero attached hydrogens (tertiary/aromatic N) is 2. The van der Waals surface area contributed by atoms with E-state index in [1.54, 1.807) is 25.1 Å². The number of aromatic nitrogens is 2. The number of amides is 2. The van der Waals surface area contributed by atoms with E-state index in [2.05, 4.69) is 20.8 Å². The van der Waals surface area contributed by atoms with Gasteiger partial charge in [0.25, 0.3) is 5.91 Å². The molecule has 0 saturated carbocycles. The number of hydrogen-bond donors (Lipinski definition) is 2. The first-order valence-corrected chi connectivity index (χ1v) is 10.2. The van der Waals surface area contributed by atoms with Crippen molar-refractivity contribution in [3.8, 4) is 11.5 Å². The maximum atomic E-state index is 12.5. The van der Waals surface area contributed by atoms with Crippen LogP contribution in [-0.2, 0) is 14.3 Å². The van der Waals surface area contributed by atoms with Crippen LogP contribution in [0.3, 0.4) is 0 Å². The van der Waals surface area contributed by atoms with Gasteiger partial charge in [0, 0.05) is 6.07 Å². The second-order valence-corrected chi connectivity index (χ2v) is 7.46. The van der Waals surface area contributed by atoms with E-state index in [1.807, 2.05) is 0 Å². The summed E-state index contributed by atoms with van der Waals surface area (Å²) in [6.45, 7) is 1.76. The average molecular weight is 441 g/mol. The van der Waals surface area contributed by atoms with Gasteiger partial charge in [-0.05, 0) is 19.1 Å². The third kappa shape index (κ3) is 6.91. The Hall–Kier alpha value is -2.86. The molecule has 1 aromatic carbocycles. The number of rotatable bonds is 10. The van der Waals surface area contributed by atoms with Crippen molar-refractivity contribution >= 4 is 46.0 Å². The number of methoxy groups -OCH3 is 2. The van der Waals surface area contributed by atoms with Crippen LogP contribution in [0.25, 0.3) is 0 Å². The second-order valence-electron chi connectivity index (χ2n) is 5.26. The fraction of sp³-hybridized carbons (Fsp3) is 0.353. The van der Waals surface area contributed by atoms with Gasteiger partial charge in [0.1, 0.15) is 18.0 Å². The SMILES string of the molecule is CCOC(=O)CNC(=O)CSc1nnc(NC(=O)c2ccc(OC)cc2OC)s1. The van der Waals surface area contributed by atoms with Crippen LogP contribution in [0.15, 0.2) is 22.5 Å². The summed E-state index contributed by atoms with van der Waals surface area (Å²) in [6.07, 6.45) is 0. The number of esters is 1. The Morgan fingerprint density at radius 1 is 1.17 bits per heavy atom. The van der Waals surface area contributed by atoms with Crippen molar-refractivity contribution in [1.82, 2.24) is 15.5 Å². The van der Waals surface area contributed by atoms with Crippen molar-refractivity contribution in [3.05, 3.63) is 23.8 Å². The van der Waals surface area contributed by atoms with Crippen molar-refractivity contribution in [2.24, 2.45) is 0 Å². The van der Waals surface area contributed by atoms with Gasteiger partial charge in [-0.1, -0.05) is 23.1 Å². The van der Waals surface area contributed by atoms with Gasteiger partial charge < -0.3 is 19.5 Å². The summed E-state index contributed by atoms with van der Waals surface area (Å²) in [7, 11) is 2.98. The number of nitrogens with one attached hydrogen (secondary N) is 2. The molecule has 2 aromatic rings. The number of carbonyl (C=O) groups excluding carboxylic acids is 3. The van der Waals surface area contributed by atoms with Gasteiger partial charge in [0.05, 0.1) is 32.1 Å². The quantitative estimate of drug-likeness (QED) is 0.321. The molecule has 0 saturated heterocycles. The van der Waals surface area contributed by atoms with Crippen LogP contribution in [0.4, 0.5) is 5.13 Å². The fourth-order valence-corrected chi connectivity index (χ4v) is 3.61. The lowest BCUT2D eigenvalue weighted by Crippen LogP contribution is -2.31. The van der Waals surface area contributed by atoms with Crippen molar-refractivity contribution in [2.45, 2.75) is 11.3 Å². The van der Waals surface area contributed by atoms with Crippen LogP contribution < -0.4 is 20.1 Å². The summed E-state index contributed by atoms with van der Waals surface area (Å²) in [5.41, 5.74) is 0.316.